The SMILES string of the molecule is CC(C)(O)c1ccccc1.CC(C)=O. The molecule has 1 aromatic rings. The lowest BCUT2D eigenvalue weighted by atomic mass is 9.99. The molecular formula is C12H18O2. The van der Waals surface area contributed by atoms with E-state index in [2.05, 4.69) is 0 Å². The van der Waals surface area contributed by atoms with Crippen LogP contribution < -0.4 is 0 Å². The van der Waals surface area contributed by atoms with Crippen molar-refractivity contribution in [1.82, 2.24) is 0 Å². The molecule has 78 valence electrons. The Hall–Kier alpha value is -1.15. The van der Waals surface area contributed by atoms with Crippen molar-refractivity contribution in [2.75, 3.05) is 0 Å². The zero-order chi connectivity index (χ0) is 11.2. The molecule has 0 aliphatic carbocycles. The summed E-state index contributed by atoms with van der Waals surface area (Å²) in [5.74, 6) is 0.167. The fourth-order valence-electron chi connectivity index (χ4n) is 0.846. The van der Waals surface area contributed by atoms with Gasteiger partial charge >= 0.3 is 0 Å². The Balaban J connectivity index is 0.000000364. The summed E-state index contributed by atoms with van der Waals surface area (Å²) in [6, 6.07) is 9.62. The Kier molecular flexibility index (Phi) is 5.10. The molecule has 0 amide bonds. The Morgan fingerprint density at radius 1 is 1.14 bits per heavy atom. The van der Waals surface area contributed by atoms with E-state index in [0.717, 1.165) is 5.56 Å². The summed E-state index contributed by atoms with van der Waals surface area (Å²) >= 11 is 0. The molecule has 0 aromatic heterocycles. The van der Waals surface area contributed by atoms with E-state index in [9.17, 15) is 9.90 Å². The van der Waals surface area contributed by atoms with Gasteiger partial charge in [0.15, 0.2) is 0 Å². The normalized spacial score (nSPS) is 10.1. The largest absolute Gasteiger partial charge is 0.386 e. The van der Waals surface area contributed by atoms with Crippen LogP contribution in [0.3, 0.4) is 0 Å². The highest BCUT2D eigenvalue weighted by Crippen LogP contribution is 2.17. The van der Waals surface area contributed by atoms with Crippen molar-refractivity contribution in [2.24, 2.45) is 0 Å². The molecule has 0 saturated heterocycles. The molecule has 0 radical (unpaired) electrons. The van der Waals surface area contributed by atoms with Crippen LogP contribution in [0.1, 0.15) is 33.3 Å². The number of ketones is 1. The van der Waals surface area contributed by atoms with Crippen LogP contribution in [0.15, 0.2) is 30.3 Å². The average Bonchev–Trinajstić information content (AvgIpc) is 2.03. The van der Waals surface area contributed by atoms with Crippen LogP contribution in [0.25, 0.3) is 0 Å². The summed E-state index contributed by atoms with van der Waals surface area (Å²) in [7, 11) is 0. The summed E-state index contributed by atoms with van der Waals surface area (Å²) in [4.78, 5) is 9.44. The lowest BCUT2D eigenvalue weighted by Crippen LogP contribution is -2.14. The first kappa shape index (κ1) is 12.8. The number of hydrogen-bond donors (Lipinski definition) is 1. The van der Waals surface area contributed by atoms with Gasteiger partial charge in [-0.25, -0.2) is 0 Å². The van der Waals surface area contributed by atoms with E-state index < -0.39 is 5.60 Å². The second kappa shape index (κ2) is 5.55. The summed E-state index contributed by atoms with van der Waals surface area (Å²) in [5, 5.41) is 9.49. The fourth-order valence-corrected chi connectivity index (χ4v) is 0.846. The van der Waals surface area contributed by atoms with Gasteiger partial charge in [0.05, 0.1) is 5.60 Å². The van der Waals surface area contributed by atoms with Crippen molar-refractivity contribution in [3.05, 3.63) is 35.9 Å². The molecule has 0 unspecified atom stereocenters. The fraction of sp³-hybridized carbons (Fsp3) is 0.417. The Morgan fingerprint density at radius 2 is 1.50 bits per heavy atom. The van der Waals surface area contributed by atoms with Crippen LogP contribution >= 0.6 is 0 Å². The van der Waals surface area contributed by atoms with Gasteiger partial charge in [-0.1, -0.05) is 30.3 Å². The highest BCUT2D eigenvalue weighted by molar-refractivity contribution is 5.72. The monoisotopic (exact) mass is 194 g/mol. The number of aliphatic hydroxyl groups is 1. The van der Waals surface area contributed by atoms with Gasteiger partial charge < -0.3 is 9.90 Å². The molecule has 0 fully saturated rings. The van der Waals surface area contributed by atoms with Gasteiger partial charge in [0, 0.05) is 0 Å². The van der Waals surface area contributed by atoms with Gasteiger partial charge in [0.1, 0.15) is 5.78 Å². The lowest BCUT2D eigenvalue weighted by molar-refractivity contribution is -0.114. The summed E-state index contributed by atoms with van der Waals surface area (Å²) in [6.07, 6.45) is 0. The van der Waals surface area contributed by atoms with Gasteiger partial charge in [0.2, 0.25) is 0 Å². The second-order valence-corrected chi connectivity index (χ2v) is 3.83. The minimum atomic E-state index is -0.707. The van der Waals surface area contributed by atoms with E-state index in [1.165, 1.54) is 13.8 Å². The molecule has 0 atom stereocenters. The predicted molar refractivity (Wildman–Crippen MR) is 58.0 cm³/mol. The molecule has 1 N–H and O–H groups in total. The highest BCUT2D eigenvalue weighted by atomic mass is 16.3. The summed E-state index contributed by atoms with van der Waals surface area (Å²) in [6.45, 7) is 6.62. The van der Waals surface area contributed by atoms with E-state index in [4.69, 9.17) is 0 Å². The third kappa shape index (κ3) is 6.38. The number of benzene rings is 1. The van der Waals surface area contributed by atoms with E-state index in [1.54, 1.807) is 13.8 Å². The van der Waals surface area contributed by atoms with Crippen molar-refractivity contribution in [2.45, 2.75) is 33.3 Å². The van der Waals surface area contributed by atoms with E-state index in [0.29, 0.717) is 0 Å². The molecule has 0 saturated carbocycles. The minimum Gasteiger partial charge on any atom is -0.386 e. The smallest absolute Gasteiger partial charge is 0.126 e. The van der Waals surface area contributed by atoms with Crippen molar-refractivity contribution in [1.29, 1.82) is 0 Å². The third-order valence-electron chi connectivity index (χ3n) is 1.48. The molecule has 0 bridgehead atoms. The van der Waals surface area contributed by atoms with Gasteiger partial charge in [0.25, 0.3) is 0 Å². The third-order valence-corrected chi connectivity index (χ3v) is 1.48. The van der Waals surface area contributed by atoms with E-state index in [-0.39, 0.29) is 5.78 Å². The molecule has 0 aliphatic rings. The van der Waals surface area contributed by atoms with Gasteiger partial charge in [-0.3, -0.25) is 0 Å². The molecular weight excluding hydrogens is 176 g/mol. The molecule has 0 heterocycles. The van der Waals surface area contributed by atoms with E-state index >= 15 is 0 Å². The van der Waals surface area contributed by atoms with Gasteiger partial charge in [-0.15, -0.1) is 0 Å². The summed E-state index contributed by atoms with van der Waals surface area (Å²) in [5.41, 5.74) is 0.247. The van der Waals surface area contributed by atoms with Crippen molar-refractivity contribution < 1.29 is 9.90 Å². The molecule has 1 aromatic carbocycles. The Morgan fingerprint density at radius 3 is 1.71 bits per heavy atom. The Labute approximate surface area is 85.6 Å². The predicted octanol–water partition coefficient (Wildman–Crippen LogP) is 2.51. The van der Waals surface area contributed by atoms with Crippen molar-refractivity contribution in [3.63, 3.8) is 0 Å². The summed E-state index contributed by atoms with van der Waals surface area (Å²) < 4.78 is 0. The van der Waals surface area contributed by atoms with Crippen LogP contribution in [-0.4, -0.2) is 10.9 Å². The maximum Gasteiger partial charge on any atom is 0.126 e. The van der Waals surface area contributed by atoms with E-state index in [1.807, 2.05) is 30.3 Å². The molecule has 0 aliphatic heterocycles. The second-order valence-electron chi connectivity index (χ2n) is 3.83. The zero-order valence-electron chi connectivity index (χ0n) is 9.24. The molecule has 1 rings (SSSR count). The maximum absolute atomic E-state index is 9.49. The number of carbonyl (C=O) groups excluding carboxylic acids is 1. The average molecular weight is 194 g/mol. The first-order valence-corrected chi connectivity index (χ1v) is 4.59. The van der Waals surface area contributed by atoms with Crippen molar-refractivity contribution >= 4 is 5.78 Å². The number of carbonyl (C=O) groups is 1. The minimum absolute atomic E-state index is 0.167. The van der Waals surface area contributed by atoms with Crippen LogP contribution in [0, 0.1) is 0 Å². The maximum atomic E-state index is 9.49. The van der Waals surface area contributed by atoms with Crippen LogP contribution in [0.5, 0.6) is 0 Å². The van der Waals surface area contributed by atoms with Crippen LogP contribution in [0.2, 0.25) is 0 Å². The number of Topliss-reactive ketones (excluding diaryl/α,β-unsaturated/α-hetero) is 1. The molecule has 2 heteroatoms. The standard InChI is InChI=1S/C9H12O.C3H6O/c1-9(2,10)8-6-4-3-5-7-8;1-3(2)4/h3-7,10H,1-2H3;1-2H3. The first-order chi connectivity index (χ1) is 6.34. The first-order valence-electron chi connectivity index (χ1n) is 4.59. The highest BCUT2D eigenvalue weighted by Gasteiger charge is 2.13. The zero-order valence-corrected chi connectivity index (χ0v) is 9.24. The molecule has 14 heavy (non-hydrogen) atoms. The number of rotatable bonds is 1. The van der Waals surface area contributed by atoms with Gasteiger partial charge in [-0.05, 0) is 33.3 Å². The molecule has 0 spiro atoms. The lowest BCUT2D eigenvalue weighted by Gasteiger charge is -2.16. The van der Waals surface area contributed by atoms with Crippen LogP contribution in [0.4, 0.5) is 0 Å². The number of hydrogen-bond acceptors (Lipinski definition) is 2. The van der Waals surface area contributed by atoms with Crippen LogP contribution in [-0.2, 0) is 10.4 Å². The van der Waals surface area contributed by atoms with Gasteiger partial charge in [-0.2, -0.15) is 0 Å². The Bertz CT molecular complexity index is 266. The topological polar surface area (TPSA) is 37.3 Å². The molecule has 2 nitrogen and oxygen atoms in total. The van der Waals surface area contributed by atoms with Crippen molar-refractivity contribution in [3.8, 4) is 0 Å². The quantitative estimate of drug-likeness (QED) is 0.745.